The Morgan fingerprint density at radius 2 is 1.94 bits per heavy atom. The van der Waals surface area contributed by atoms with Gasteiger partial charge < -0.3 is 4.57 Å². The van der Waals surface area contributed by atoms with Crippen LogP contribution < -0.4 is 4.80 Å². The first kappa shape index (κ1) is 23.8. The van der Waals surface area contributed by atoms with Gasteiger partial charge in [0.15, 0.2) is 14.6 Å². The molecule has 8 nitrogen and oxygen atoms in total. The highest BCUT2D eigenvalue weighted by molar-refractivity contribution is 7.91. The number of thiazole rings is 1. The number of benzene rings is 1. The number of carbonyl (C=O) groups excluding carboxylic acids is 1. The van der Waals surface area contributed by atoms with Crippen LogP contribution in [0.25, 0.3) is 10.2 Å². The van der Waals surface area contributed by atoms with E-state index in [1.54, 1.807) is 34.2 Å². The first-order valence-corrected chi connectivity index (χ1v) is 15.0. The Morgan fingerprint density at radius 1 is 1.21 bits per heavy atom. The Bertz CT molecular complexity index is 1520. The molecule has 0 unspecified atom stereocenters. The molecule has 0 saturated carbocycles. The molecule has 0 N–H and O–H groups in total. The number of nitrogens with zero attached hydrogens (tertiary/aromatic N) is 3. The Balaban J connectivity index is 1.59. The predicted molar refractivity (Wildman–Crippen MR) is 128 cm³/mol. The summed E-state index contributed by atoms with van der Waals surface area (Å²) in [5.74, 6) is 1.82. The SMILES string of the molecule is C#CCn1c(=NC(=O)C2CCN(S(=O)(=O)c3cccs3)CC2)sc2cc(S(C)(=O)=O)ccc21. The topological polar surface area (TPSA) is 106 Å². The van der Waals surface area contributed by atoms with E-state index in [2.05, 4.69) is 10.9 Å². The van der Waals surface area contributed by atoms with Crippen molar-refractivity contribution in [2.75, 3.05) is 19.3 Å². The number of rotatable bonds is 5. The van der Waals surface area contributed by atoms with Crippen LogP contribution in [0.3, 0.4) is 0 Å². The average molecular weight is 524 g/mol. The van der Waals surface area contributed by atoms with Crippen molar-refractivity contribution in [3.05, 3.63) is 40.5 Å². The van der Waals surface area contributed by atoms with E-state index in [0.29, 0.717) is 32.1 Å². The summed E-state index contributed by atoms with van der Waals surface area (Å²) in [5, 5.41) is 1.72. The molecule has 0 radical (unpaired) electrons. The minimum atomic E-state index is -3.54. The van der Waals surface area contributed by atoms with Crippen molar-refractivity contribution in [1.29, 1.82) is 0 Å². The smallest absolute Gasteiger partial charge is 0.252 e. The lowest BCUT2D eigenvalue weighted by atomic mass is 9.98. The maximum atomic E-state index is 12.9. The van der Waals surface area contributed by atoms with Crippen molar-refractivity contribution in [2.24, 2.45) is 10.9 Å². The van der Waals surface area contributed by atoms with Crippen molar-refractivity contribution >= 4 is 58.7 Å². The van der Waals surface area contributed by atoms with Crippen molar-refractivity contribution in [1.82, 2.24) is 8.87 Å². The maximum absolute atomic E-state index is 12.9. The molecule has 174 valence electrons. The molecule has 0 aliphatic carbocycles. The van der Waals surface area contributed by atoms with Gasteiger partial charge in [-0.3, -0.25) is 4.79 Å². The molecule has 0 spiro atoms. The highest BCUT2D eigenvalue weighted by Gasteiger charge is 2.32. The molecule has 4 rings (SSSR count). The molecule has 33 heavy (non-hydrogen) atoms. The molecule has 3 heterocycles. The third-order valence-corrected chi connectivity index (χ3v) is 10.9. The fourth-order valence-electron chi connectivity index (χ4n) is 3.68. The van der Waals surface area contributed by atoms with E-state index in [1.165, 1.54) is 33.0 Å². The van der Waals surface area contributed by atoms with Gasteiger partial charge in [0.25, 0.3) is 15.9 Å². The summed E-state index contributed by atoms with van der Waals surface area (Å²) in [6.07, 6.45) is 7.39. The molecular weight excluding hydrogens is 503 g/mol. The Morgan fingerprint density at radius 3 is 2.55 bits per heavy atom. The quantitative estimate of drug-likeness (QED) is 0.477. The predicted octanol–water partition coefficient (Wildman–Crippen LogP) is 2.33. The van der Waals surface area contributed by atoms with Crippen LogP contribution in [0.4, 0.5) is 0 Å². The number of terminal acetylenes is 1. The van der Waals surface area contributed by atoms with Gasteiger partial charge >= 0.3 is 0 Å². The number of fused-ring (bicyclic) bond motifs is 1. The van der Waals surface area contributed by atoms with Crippen LogP contribution in [0.2, 0.25) is 0 Å². The highest BCUT2D eigenvalue weighted by Crippen LogP contribution is 2.27. The zero-order valence-corrected chi connectivity index (χ0v) is 20.9. The largest absolute Gasteiger partial charge is 0.305 e. The number of carbonyl (C=O) groups is 1. The van der Waals surface area contributed by atoms with E-state index in [4.69, 9.17) is 6.42 Å². The molecule has 3 aromatic rings. The van der Waals surface area contributed by atoms with Crippen LogP contribution >= 0.6 is 22.7 Å². The van der Waals surface area contributed by atoms with E-state index < -0.39 is 25.8 Å². The second-order valence-corrected chi connectivity index (χ2v) is 13.8. The van der Waals surface area contributed by atoms with Crippen LogP contribution in [0.15, 0.2) is 49.8 Å². The molecule has 1 fully saturated rings. The molecule has 0 atom stereocenters. The zero-order chi connectivity index (χ0) is 23.8. The number of sulfonamides is 1. The highest BCUT2D eigenvalue weighted by atomic mass is 32.2. The number of hydrogen-bond acceptors (Lipinski definition) is 7. The number of aromatic nitrogens is 1. The number of hydrogen-bond donors (Lipinski definition) is 0. The van der Waals surface area contributed by atoms with Gasteiger partial charge in [0.1, 0.15) is 4.21 Å². The molecule has 1 saturated heterocycles. The van der Waals surface area contributed by atoms with Crippen molar-refractivity contribution in [2.45, 2.75) is 28.5 Å². The van der Waals surface area contributed by atoms with E-state index in [-0.39, 0.29) is 30.4 Å². The second-order valence-electron chi connectivity index (χ2n) is 7.64. The normalized spacial score (nSPS) is 16.8. The number of piperidine rings is 1. The number of amides is 1. The number of thiophene rings is 1. The summed E-state index contributed by atoms with van der Waals surface area (Å²) in [4.78, 5) is 17.8. The summed E-state index contributed by atoms with van der Waals surface area (Å²) in [6, 6.07) is 8.00. The van der Waals surface area contributed by atoms with E-state index in [1.807, 2.05) is 0 Å². The third-order valence-electron chi connectivity index (χ3n) is 5.43. The monoisotopic (exact) mass is 523 g/mol. The van der Waals surface area contributed by atoms with Crippen LogP contribution in [0.5, 0.6) is 0 Å². The van der Waals surface area contributed by atoms with Gasteiger partial charge in [-0.2, -0.15) is 9.30 Å². The van der Waals surface area contributed by atoms with Gasteiger partial charge in [-0.05, 0) is 42.5 Å². The van der Waals surface area contributed by atoms with Gasteiger partial charge in [-0.25, -0.2) is 16.8 Å². The van der Waals surface area contributed by atoms with Crippen LogP contribution in [-0.2, 0) is 31.2 Å². The van der Waals surface area contributed by atoms with E-state index in [0.717, 1.165) is 6.26 Å². The summed E-state index contributed by atoms with van der Waals surface area (Å²) >= 11 is 2.37. The lowest BCUT2D eigenvalue weighted by molar-refractivity contribution is -0.122. The van der Waals surface area contributed by atoms with Crippen molar-refractivity contribution in [3.8, 4) is 12.3 Å². The first-order valence-electron chi connectivity index (χ1n) is 10.0. The molecule has 2 aromatic heterocycles. The summed E-state index contributed by atoms with van der Waals surface area (Å²) in [5.41, 5.74) is 0.703. The fraction of sp³-hybridized carbons (Fsp3) is 0.333. The Labute approximate surface area is 200 Å². The molecule has 12 heteroatoms. The van der Waals surface area contributed by atoms with Gasteiger partial charge in [0.2, 0.25) is 0 Å². The Kier molecular flexibility index (Phi) is 6.61. The lowest BCUT2D eigenvalue weighted by Crippen LogP contribution is -2.40. The molecule has 1 aliphatic rings. The lowest BCUT2D eigenvalue weighted by Gasteiger charge is -2.29. The van der Waals surface area contributed by atoms with Crippen molar-refractivity contribution < 1.29 is 21.6 Å². The summed E-state index contributed by atoms with van der Waals surface area (Å²) in [6.45, 7) is 0.684. The minimum absolute atomic E-state index is 0.182. The minimum Gasteiger partial charge on any atom is -0.305 e. The zero-order valence-electron chi connectivity index (χ0n) is 17.7. The molecule has 1 amide bonds. The first-order chi connectivity index (χ1) is 15.6. The van der Waals surface area contributed by atoms with Crippen LogP contribution in [0.1, 0.15) is 12.8 Å². The van der Waals surface area contributed by atoms with E-state index >= 15 is 0 Å². The Hall–Kier alpha value is -2.30. The maximum Gasteiger partial charge on any atom is 0.252 e. The second kappa shape index (κ2) is 9.15. The number of sulfone groups is 1. The molecule has 1 aliphatic heterocycles. The van der Waals surface area contributed by atoms with Gasteiger partial charge in [-0.15, -0.1) is 17.8 Å². The van der Waals surface area contributed by atoms with Crippen LogP contribution in [0, 0.1) is 18.3 Å². The molecule has 1 aromatic carbocycles. The van der Waals surface area contributed by atoms with Crippen LogP contribution in [-0.4, -0.2) is 51.0 Å². The average Bonchev–Trinajstić information content (AvgIpc) is 3.42. The van der Waals surface area contributed by atoms with Crippen molar-refractivity contribution in [3.63, 3.8) is 0 Å². The fourth-order valence-corrected chi connectivity index (χ4v) is 8.09. The van der Waals surface area contributed by atoms with Gasteiger partial charge in [0.05, 0.1) is 21.7 Å². The van der Waals surface area contributed by atoms with Gasteiger partial charge in [0, 0.05) is 25.3 Å². The summed E-state index contributed by atoms with van der Waals surface area (Å²) in [7, 11) is -6.92. The van der Waals surface area contributed by atoms with E-state index in [9.17, 15) is 21.6 Å². The summed E-state index contributed by atoms with van der Waals surface area (Å²) < 4.78 is 53.3. The molecule has 0 bridgehead atoms. The molecular formula is C21H21N3O5S4. The van der Waals surface area contributed by atoms with Gasteiger partial charge in [-0.1, -0.05) is 23.3 Å². The standard InChI is InChI=1S/C21H21N3O5S4/c1-3-10-24-17-7-6-16(32(2,26)27)14-18(17)31-21(24)22-20(25)15-8-11-23(12-9-15)33(28,29)19-5-4-13-30-19/h1,4-7,13-15H,8-12H2,2H3. The third kappa shape index (κ3) is 4.83.